The van der Waals surface area contributed by atoms with E-state index < -0.39 is 0 Å². The summed E-state index contributed by atoms with van der Waals surface area (Å²) in [5.74, 6) is 0.346. The van der Waals surface area contributed by atoms with Crippen molar-refractivity contribution in [2.75, 3.05) is 14.1 Å². The minimum absolute atomic E-state index is 0.226. The minimum atomic E-state index is -0.226. The summed E-state index contributed by atoms with van der Waals surface area (Å²) >= 11 is 7.41. The second-order valence-electron chi connectivity index (χ2n) is 4.94. The van der Waals surface area contributed by atoms with E-state index in [1.807, 2.05) is 26.2 Å². The summed E-state index contributed by atoms with van der Waals surface area (Å²) in [4.78, 5) is 15.7. The number of carbonyl (C=O) groups is 1. The van der Waals surface area contributed by atoms with Gasteiger partial charge in [0.15, 0.2) is 5.78 Å². The summed E-state index contributed by atoms with van der Waals surface area (Å²) < 4.78 is 0.762. The molecule has 0 N–H and O–H groups in total. The molecule has 0 bridgehead atoms. The van der Waals surface area contributed by atoms with Crippen LogP contribution in [-0.4, -0.2) is 30.3 Å². The first-order valence-corrected chi connectivity index (χ1v) is 7.19. The van der Waals surface area contributed by atoms with E-state index in [1.54, 1.807) is 0 Å². The Labute approximate surface area is 112 Å². The van der Waals surface area contributed by atoms with Gasteiger partial charge in [0.1, 0.15) is 0 Å². The van der Waals surface area contributed by atoms with Crippen molar-refractivity contribution in [2.45, 2.75) is 37.6 Å². The molecule has 0 radical (unpaired) electrons. The van der Waals surface area contributed by atoms with Gasteiger partial charge >= 0.3 is 0 Å². The highest BCUT2D eigenvalue weighted by molar-refractivity contribution is 7.16. The lowest BCUT2D eigenvalue weighted by Gasteiger charge is -2.34. The van der Waals surface area contributed by atoms with Crippen molar-refractivity contribution in [1.82, 2.24) is 4.90 Å². The number of thiophene rings is 1. The first kappa shape index (κ1) is 13.1. The van der Waals surface area contributed by atoms with Crippen molar-refractivity contribution >= 4 is 28.7 Å². The molecule has 0 atom stereocenters. The number of rotatable bonds is 4. The lowest BCUT2D eigenvalue weighted by Crippen LogP contribution is -2.49. The highest BCUT2D eigenvalue weighted by atomic mass is 35.5. The third-order valence-corrected chi connectivity index (χ3v) is 5.00. The van der Waals surface area contributed by atoms with Crippen LogP contribution in [0.4, 0.5) is 0 Å². The Kier molecular flexibility index (Phi) is 3.91. The molecule has 0 spiro atoms. The molecular formula is C13H18ClNOS. The Bertz CT molecular complexity index is 407. The predicted molar refractivity (Wildman–Crippen MR) is 72.9 cm³/mol. The van der Waals surface area contributed by atoms with Crippen molar-refractivity contribution in [1.29, 1.82) is 0 Å². The number of halogens is 1. The van der Waals surface area contributed by atoms with E-state index in [2.05, 4.69) is 4.90 Å². The van der Waals surface area contributed by atoms with Gasteiger partial charge in [-0.1, -0.05) is 24.4 Å². The highest BCUT2D eigenvalue weighted by Gasteiger charge is 2.42. The van der Waals surface area contributed by atoms with Gasteiger partial charge in [0, 0.05) is 11.3 Å². The number of Topliss-reactive ketones (excluding diaryl/α,β-unsaturated/α-hetero) is 1. The summed E-state index contributed by atoms with van der Waals surface area (Å²) in [7, 11) is 4.04. The number of carbonyl (C=O) groups excluding carboxylic acids is 1. The van der Waals surface area contributed by atoms with Crippen LogP contribution in [0.5, 0.6) is 0 Å². The molecule has 1 aliphatic carbocycles. The van der Waals surface area contributed by atoms with E-state index in [0.717, 1.165) is 34.9 Å². The Morgan fingerprint density at radius 3 is 2.53 bits per heavy atom. The van der Waals surface area contributed by atoms with Gasteiger partial charge in [-0.2, -0.15) is 0 Å². The van der Waals surface area contributed by atoms with E-state index in [9.17, 15) is 4.79 Å². The second kappa shape index (κ2) is 5.09. The van der Waals surface area contributed by atoms with Crippen LogP contribution in [0.15, 0.2) is 12.1 Å². The van der Waals surface area contributed by atoms with E-state index in [1.165, 1.54) is 11.3 Å². The number of hydrogen-bond donors (Lipinski definition) is 0. The van der Waals surface area contributed by atoms with E-state index in [0.29, 0.717) is 12.2 Å². The van der Waals surface area contributed by atoms with Crippen molar-refractivity contribution in [3.8, 4) is 0 Å². The van der Waals surface area contributed by atoms with E-state index in [-0.39, 0.29) is 5.54 Å². The molecule has 1 aliphatic rings. The molecule has 0 unspecified atom stereocenters. The molecule has 2 rings (SSSR count). The van der Waals surface area contributed by atoms with Gasteiger partial charge in [-0.15, -0.1) is 11.3 Å². The summed E-state index contributed by atoms with van der Waals surface area (Å²) in [5.41, 5.74) is -0.226. The van der Waals surface area contributed by atoms with Gasteiger partial charge < -0.3 is 0 Å². The monoisotopic (exact) mass is 271 g/mol. The summed E-state index contributed by atoms with van der Waals surface area (Å²) in [6, 6.07) is 3.83. The van der Waals surface area contributed by atoms with Crippen LogP contribution in [0.2, 0.25) is 4.34 Å². The molecule has 0 aliphatic heterocycles. The average Bonchev–Trinajstić information content (AvgIpc) is 2.87. The lowest BCUT2D eigenvalue weighted by molar-refractivity contribution is -0.128. The average molecular weight is 272 g/mol. The van der Waals surface area contributed by atoms with E-state index >= 15 is 0 Å². The molecule has 0 saturated heterocycles. The Morgan fingerprint density at radius 1 is 1.41 bits per heavy atom. The molecule has 1 aromatic heterocycles. The van der Waals surface area contributed by atoms with Crippen molar-refractivity contribution in [3.05, 3.63) is 21.3 Å². The zero-order valence-corrected chi connectivity index (χ0v) is 11.9. The molecule has 94 valence electrons. The zero-order valence-electron chi connectivity index (χ0n) is 10.3. The third kappa shape index (κ3) is 2.56. The first-order chi connectivity index (χ1) is 8.04. The molecule has 1 fully saturated rings. The molecule has 1 heterocycles. The fraction of sp³-hybridized carbons (Fsp3) is 0.615. The molecule has 1 aromatic rings. The van der Waals surface area contributed by atoms with Gasteiger partial charge in [-0.25, -0.2) is 0 Å². The lowest BCUT2D eigenvalue weighted by atomic mass is 9.88. The number of likely N-dealkylation sites (N-methyl/N-ethyl adjacent to an activating group) is 1. The summed E-state index contributed by atoms with van der Waals surface area (Å²) in [6.45, 7) is 0. The highest BCUT2D eigenvalue weighted by Crippen LogP contribution is 2.36. The number of hydrogen-bond acceptors (Lipinski definition) is 3. The fourth-order valence-corrected chi connectivity index (χ4v) is 3.79. The molecule has 0 aromatic carbocycles. The zero-order chi connectivity index (χ0) is 12.5. The van der Waals surface area contributed by atoms with Gasteiger partial charge in [-0.3, -0.25) is 9.69 Å². The van der Waals surface area contributed by atoms with Crippen LogP contribution >= 0.6 is 22.9 Å². The Balaban J connectivity index is 2.12. The summed E-state index contributed by atoms with van der Waals surface area (Å²) in [6.07, 6.45) is 4.84. The van der Waals surface area contributed by atoms with Crippen LogP contribution in [0.1, 0.15) is 30.6 Å². The van der Waals surface area contributed by atoms with Gasteiger partial charge in [0.05, 0.1) is 9.88 Å². The van der Waals surface area contributed by atoms with Gasteiger partial charge in [0.25, 0.3) is 0 Å². The molecule has 17 heavy (non-hydrogen) atoms. The SMILES string of the molecule is CN(C)C1(C(=O)Cc2ccc(Cl)s2)CCCC1. The van der Waals surface area contributed by atoms with Crippen molar-refractivity contribution in [3.63, 3.8) is 0 Å². The molecule has 1 saturated carbocycles. The largest absolute Gasteiger partial charge is 0.297 e. The smallest absolute Gasteiger partial charge is 0.158 e. The quantitative estimate of drug-likeness (QED) is 0.837. The minimum Gasteiger partial charge on any atom is -0.297 e. The van der Waals surface area contributed by atoms with Crippen molar-refractivity contribution < 1.29 is 4.79 Å². The van der Waals surface area contributed by atoms with Crippen LogP contribution in [0.25, 0.3) is 0 Å². The number of ketones is 1. The molecule has 4 heteroatoms. The van der Waals surface area contributed by atoms with Gasteiger partial charge in [-0.05, 0) is 39.1 Å². The maximum absolute atomic E-state index is 12.5. The van der Waals surface area contributed by atoms with Crippen LogP contribution < -0.4 is 0 Å². The summed E-state index contributed by atoms with van der Waals surface area (Å²) in [5, 5.41) is 0. The first-order valence-electron chi connectivity index (χ1n) is 5.99. The fourth-order valence-electron chi connectivity index (χ4n) is 2.70. The van der Waals surface area contributed by atoms with Crippen LogP contribution in [0.3, 0.4) is 0 Å². The topological polar surface area (TPSA) is 20.3 Å². The van der Waals surface area contributed by atoms with Gasteiger partial charge in [0.2, 0.25) is 0 Å². The van der Waals surface area contributed by atoms with Crippen LogP contribution in [-0.2, 0) is 11.2 Å². The number of nitrogens with zero attached hydrogens (tertiary/aromatic N) is 1. The Morgan fingerprint density at radius 2 is 2.06 bits per heavy atom. The van der Waals surface area contributed by atoms with E-state index in [4.69, 9.17) is 11.6 Å². The molecular weight excluding hydrogens is 254 g/mol. The maximum Gasteiger partial charge on any atom is 0.158 e. The standard InChI is InChI=1S/C13H18ClNOS/c1-15(2)13(7-3-4-8-13)11(16)9-10-5-6-12(14)17-10/h5-6H,3-4,7-9H2,1-2H3. The Hall–Kier alpha value is -0.380. The second-order valence-corrected chi connectivity index (χ2v) is 6.74. The molecule has 0 amide bonds. The predicted octanol–water partition coefficient (Wildman–Crippen LogP) is 3.39. The van der Waals surface area contributed by atoms with Crippen LogP contribution in [0, 0.1) is 0 Å². The van der Waals surface area contributed by atoms with Crippen molar-refractivity contribution in [2.24, 2.45) is 0 Å². The normalized spacial score (nSPS) is 18.8. The maximum atomic E-state index is 12.5. The third-order valence-electron chi connectivity index (χ3n) is 3.77. The molecule has 2 nitrogen and oxygen atoms in total.